The topological polar surface area (TPSA) is 49.9 Å². The Labute approximate surface area is 198 Å². The van der Waals surface area contributed by atoms with Crippen LogP contribution in [-0.2, 0) is 4.79 Å². The maximum Gasteiger partial charge on any atom is 0.257 e. The van der Waals surface area contributed by atoms with Crippen LogP contribution in [0.15, 0.2) is 54.6 Å². The molecule has 5 nitrogen and oxygen atoms in total. The Hall–Kier alpha value is -2.82. The summed E-state index contributed by atoms with van der Waals surface area (Å²) in [5, 5.41) is 0. The summed E-state index contributed by atoms with van der Waals surface area (Å²) in [6.07, 6.45) is 2.47. The Morgan fingerprint density at radius 1 is 1.00 bits per heavy atom. The minimum atomic E-state index is -0.165. The Bertz CT molecular complexity index is 912. The SMILES string of the molecule is CCC(C(=O)N1CCCCN(CC)C(=O)c2ccccc2OC[C@@H]1C(C)C)c1ccccc1. The van der Waals surface area contributed by atoms with E-state index in [1.54, 1.807) is 0 Å². The van der Waals surface area contributed by atoms with E-state index in [0.29, 0.717) is 37.6 Å². The van der Waals surface area contributed by atoms with Gasteiger partial charge in [0.25, 0.3) is 5.91 Å². The lowest BCUT2D eigenvalue weighted by molar-refractivity contribution is -0.137. The van der Waals surface area contributed by atoms with Gasteiger partial charge in [0.15, 0.2) is 0 Å². The van der Waals surface area contributed by atoms with E-state index in [1.807, 2.05) is 71.3 Å². The molecule has 0 N–H and O–H groups in total. The van der Waals surface area contributed by atoms with Crippen molar-refractivity contribution in [2.45, 2.75) is 58.9 Å². The zero-order valence-corrected chi connectivity index (χ0v) is 20.5. The van der Waals surface area contributed by atoms with Gasteiger partial charge in [-0.05, 0) is 49.8 Å². The number of fused-ring (bicyclic) bond motifs is 1. The Morgan fingerprint density at radius 2 is 1.67 bits per heavy atom. The van der Waals surface area contributed by atoms with Crippen molar-refractivity contribution in [2.75, 3.05) is 26.2 Å². The fraction of sp³-hybridized carbons (Fsp3) is 0.500. The van der Waals surface area contributed by atoms with Crippen LogP contribution in [0.5, 0.6) is 5.75 Å². The van der Waals surface area contributed by atoms with Crippen LogP contribution in [0, 0.1) is 5.92 Å². The molecule has 0 radical (unpaired) electrons. The molecular weight excluding hydrogens is 412 g/mol. The summed E-state index contributed by atoms with van der Waals surface area (Å²) >= 11 is 0. The van der Waals surface area contributed by atoms with E-state index in [1.165, 1.54) is 0 Å². The highest BCUT2D eigenvalue weighted by molar-refractivity contribution is 5.97. The summed E-state index contributed by atoms with van der Waals surface area (Å²) in [5.74, 6) is 0.828. The molecule has 0 aliphatic carbocycles. The molecule has 1 aliphatic rings. The van der Waals surface area contributed by atoms with Crippen molar-refractivity contribution in [2.24, 2.45) is 5.92 Å². The first-order chi connectivity index (χ1) is 16.0. The molecule has 0 saturated carbocycles. The average Bonchev–Trinajstić information content (AvgIpc) is 2.83. The first-order valence-electron chi connectivity index (χ1n) is 12.3. The molecule has 0 aromatic heterocycles. The van der Waals surface area contributed by atoms with Crippen molar-refractivity contribution in [3.8, 4) is 5.75 Å². The van der Waals surface area contributed by atoms with Crippen LogP contribution in [0.25, 0.3) is 0 Å². The predicted octanol–water partition coefficient (Wildman–Crippen LogP) is 5.37. The zero-order valence-electron chi connectivity index (χ0n) is 20.5. The highest BCUT2D eigenvalue weighted by atomic mass is 16.5. The minimum absolute atomic E-state index is 0.0119. The molecule has 0 saturated heterocycles. The molecule has 5 heteroatoms. The number of para-hydroxylation sites is 1. The maximum atomic E-state index is 13.9. The fourth-order valence-electron chi connectivity index (χ4n) is 4.62. The van der Waals surface area contributed by atoms with Crippen molar-refractivity contribution in [1.82, 2.24) is 9.80 Å². The monoisotopic (exact) mass is 450 g/mol. The molecule has 0 fully saturated rings. The Morgan fingerprint density at radius 3 is 2.33 bits per heavy atom. The zero-order chi connectivity index (χ0) is 23.8. The number of carbonyl (C=O) groups is 2. The molecule has 1 aliphatic heterocycles. The molecule has 1 unspecified atom stereocenters. The number of carbonyl (C=O) groups excluding carboxylic acids is 2. The molecule has 0 spiro atoms. The van der Waals surface area contributed by atoms with Crippen LogP contribution >= 0.6 is 0 Å². The lowest BCUT2D eigenvalue weighted by Crippen LogP contribution is -2.49. The molecule has 1 heterocycles. The molecule has 3 rings (SSSR count). The van der Waals surface area contributed by atoms with Crippen molar-refractivity contribution in [3.63, 3.8) is 0 Å². The highest BCUT2D eigenvalue weighted by Crippen LogP contribution is 2.27. The predicted molar refractivity (Wildman–Crippen MR) is 133 cm³/mol. The second-order valence-electron chi connectivity index (χ2n) is 9.11. The van der Waals surface area contributed by atoms with Gasteiger partial charge in [-0.1, -0.05) is 63.2 Å². The van der Waals surface area contributed by atoms with Gasteiger partial charge in [0.2, 0.25) is 5.91 Å². The molecule has 2 amide bonds. The molecule has 178 valence electrons. The van der Waals surface area contributed by atoms with Gasteiger partial charge in [0, 0.05) is 19.6 Å². The molecule has 2 atom stereocenters. The first kappa shape index (κ1) is 24.8. The quantitative estimate of drug-likeness (QED) is 0.615. The van der Waals surface area contributed by atoms with E-state index in [4.69, 9.17) is 4.74 Å². The van der Waals surface area contributed by atoms with Crippen LogP contribution in [-0.4, -0.2) is 53.9 Å². The summed E-state index contributed by atoms with van der Waals surface area (Å²) in [4.78, 5) is 30.9. The van der Waals surface area contributed by atoms with Crippen molar-refractivity contribution in [1.29, 1.82) is 0 Å². The van der Waals surface area contributed by atoms with E-state index >= 15 is 0 Å². The van der Waals surface area contributed by atoms with Crippen molar-refractivity contribution < 1.29 is 14.3 Å². The lowest BCUT2D eigenvalue weighted by Gasteiger charge is -2.37. The summed E-state index contributed by atoms with van der Waals surface area (Å²) in [6.45, 7) is 10.7. The van der Waals surface area contributed by atoms with Gasteiger partial charge >= 0.3 is 0 Å². The van der Waals surface area contributed by atoms with Gasteiger partial charge in [-0.2, -0.15) is 0 Å². The van der Waals surface area contributed by atoms with Gasteiger partial charge in [-0.3, -0.25) is 9.59 Å². The van der Waals surface area contributed by atoms with Crippen LogP contribution in [0.3, 0.4) is 0 Å². The molecular formula is C28H38N2O3. The van der Waals surface area contributed by atoms with E-state index < -0.39 is 0 Å². The second-order valence-corrected chi connectivity index (χ2v) is 9.11. The van der Waals surface area contributed by atoms with Crippen LogP contribution in [0.4, 0.5) is 0 Å². The molecule has 2 aromatic rings. The smallest absolute Gasteiger partial charge is 0.257 e. The van der Waals surface area contributed by atoms with E-state index in [-0.39, 0.29) is 29.7 Å². The highest BCUT2D eigenvalue weighted by Gasteiger charge is 2.32. The number of hydrogen-bond acceptors (Lipinski definition) is 3. The third-order valence-corrected chi connectivity index (χ3v) is 6.63. The lowest BCUT2D eigenvalue weighted by atomic mass is 9.92. The minimum Gasteiger partial charge on any atom is -0.491 e. The van der Waals surface area contributed by atoms with Crippen molar-refractivity contribution in [3.05, 3.63) is 65.7 Å². The van der Waals surface area contributed by atoms with Crippen LogP contribution < -0.4 is 4.74 Å². The van der Waals surface area contributed by atoms with Gasteiger partial charge in [-0.25, -0.2) is 0 Å². The summed E-state index contributed by atoms with van der Waals surface area (Å²) in [7, 11) is 0. The number of ether oxygens (including phenoxy) is 1. The van der Waals surface area contributed by atoms with E-state index in [9.17, 15) is 9.59 Å². The first-order valence-corrected chi connectivity index (χ1v) is 12.3. The van der Waals surface area contributed by atoms with E-state index in [2.05, 4.69) is 20.8 Å². The summed E-state index contributed by atoms with van der Waals surface area (Å²) < 4.78 is 6.26. The molecule has 33 heavy (non-hydrogen) atoms. The van der Waals surface area contributed by atoms with Gasteiger partial charge in [0.05, 0.1) is 17.5 Å². The van der Waals surface area contributed by atoms with Gasteiger partial charge < -0.3 is 14.5 Å². The number of nitrogens with zero attached hydrogens (tertiary/aromatic N) is 2. The van der Waals surface area contributed by atoms with Crippen LogP contribution in [0.1, 0.15) is 68.8 Å². The fourth-order valence-corrected chi connectivity index (χ4v) is 4.62. The summed E-state index contributed by atoms with van der Waals surface area (Å²) in [5.41, 5.74) is 1.66. The number of amides is 2. The average molecular weight is 451 g/mol. The van der Waals surface area contributed by atoms with Crippen LogP contribution in [0.2, 0.25) is 0 Å². The third kappa shape index (κ3) is 5.95. The van der Waals surface area contributed by atoms with E-state index in [0.717, 1.165) is 24.8 Å². The third-order valence-electron chi connectivity index (χ3n) is 6.63. The Kier molecular flexibility index (Phi) is 8.93. The Balaban J connectivity index is 1.94. The number of hydrogen-bond donors (Lipinski definition) is 0. The van der Waals surface area contributed by atoms with Gasteiger partial charge in [-0.15, -0.1) is 0 Å². The largest absolute Gasteiger partial charge is 0.491 e. The second kappa shape index (κ2) is 11.9. The standard InChI is InChI=1S/C28H38N2O3/c1-5-23(22-14-8-7-9-15-22)28(32)30-19-13-12-18-29(6-2)27(31)24-16-10-11-17-26(24)33-20-25(30)21(3)4/h7-11,14-17,21,23,25H,5-6,12-13,18-20H2,1-4H3/t23?,25-/m1/s1. The molecule has 2 aromatic carbocycles. The van der Waals surface area contributed by atoms with Gasteiger partial charge in [0.1, 0.15) is 12.4 Å². The number of benzene rings is 2. The molecule has 0 bridgehead atoms. The summed E-state index contributed by atoms with van der Waals surface area (Å²) in [6, 6.07) is 17.5. The normalized spacial score (nSPS) is 18.7. The number of rotatable bonds is 5. The van der Waals surface area contributed by atoms with Crippen molar-refractivity contribution >= 4 is 11.8 Å². The maximum absolute atomic E-state index is 13.9.